The Morgan fingerprint density at radius 2 is 0.784 bits per heavy atom. The van der Waals surface area contributed by atoms with Crippen molar-refractivity contribution >= 4 is 5.91 Å². The van der Waals surface area contributed by atoms with Crippen LogP contribution in [-0.4, -0.2) is 46.1 Å². The van der Waals surface area contributed by atoms with Gasteiger partial charge in [0.05, 0.1) is 18.8 Å². The van der Waals surface area contributed by atoms with Gasteiger partial charge in [0.2, 0.25) is 5.91 Å². The number of hydrogen-bond acceptors (Lipinski definition) is 4. The van der Waals surface area contributed by atoms with Gasteiger partial charge >= 0.3 is 0 Å². The quantitative estimate of drug-likeness (QED) is 0.0373. The van der Waals surface area contributed by atoms with Crippen molar-refractivity contribution in [2.24, 2.45) is 0 Å². The first kappa shape index (κ1) is 50.1. The molecule has 0 saturated carbocycles. The Hall–Kier alpha value is -0.910. The van der Waals surface area contributed by atoms with Gasteiger partial charge < -0.3 is 20.6 Å². The van der Waals surface area contributed by atoms with Gasteiger partial charge in [0.1, 0.15) is 6.10 Å². The van der Waals surface area contributed by atoms with Crippen molar-refractivity contribution in [1.82, 2.24) is 5.32 Å². The highest BCUT2D eigenvalue weighted by Gasteiger charge is 2.26. The van der Waals surface area contributed by atoms with Crippen LogP contribution >= 0.6 is 0 Å². The molecular formula is C46H91NO4. The van der Waals surface area contributed by atoms with Crippen LogP contribution in [0.2, 0.25) is 0 Å². The average molecular weight is 722 g/mol. The lowest BCUT2D eigenvalue weighted by Gasteiger charge is -2.26. The molecule has 0 rings (SSSR count). The molecule has 0 fully saturated rings. The minimum absolute atomic E-state index is 0.152. The molecule has 5 heteroatoms. The van der Waals surface area contributed by atoms with Crippen LogP contribution in [0.25, 0.3) is 0 Å². The van der Waals surface area contributed by atoms with E-state index in [1.54, 1.807) is 0 Å². The van der Waals surface area contributed by atoms with Gasteiger partial charge in [0.15, 0.2) is 0 Å². The number of aliphatic hydroxyl groups excluding tert-OH is 3. The molecule has 0 heterocycles. The molecule has 3 unspecified atom stereocenters. The standard InChI is InChI=1S/C46H91NO4/c1-3-5-7-9-11-13-15-17-18-19-20-21-22-23-24-25-26-27-29-30-32-34-36-38-40-44(49)46(51)43(42-48)47-45(50)41-39-37-35-33-31-28-16-14-12-10-8-6-4-2/h32,34,43-44,46,48-49,51H,3-31,33,35-42H2,1-2H3,(H,47,50)/b34-32+. The summed E-state index contributed by atoms with van der Waals surface area (Å²) in [6.45, 7) is 4.18. The molecule has 51 heavy (non-hydrogen) atoms. The Balaban J connectivity index is 3.59. The summed E-state index contributed by atoms with van der Waals surface area (Å²) in [5.74, 6) is -0.152. The van der Waals surface area contributed by atoms with Gasteiger partial charge in [-0.05, 0) is 38.5 Å². The zero-order valence-corrected chi connectivity index (χ0v) is 34.5. The van der Waals surface area contributed by atoms with Crippen molar-refractivity contribution in [2.75, 3.05) is 6.61 Å². The van der Waals surface area contributed by atoms with E-state index < -0.39 is 18.2 Å². The number of amides is 1. The zero-order valence-electron chi connectivity index (χ0n) is 34.5. The smallest absolute Gasteiger partial charge is 0.220 e. The number of unbranched alkanes of at least 4 members (excludes halogenated alkanes) is 32. The van der Waals surface area contributed by atoms with Crippen LogP contribution in [0.1, 0.15) is 251 Å². The lowest BCUT2D eigenvalue weighted by molar-refractivity contribution is -0.124. The summed E-state index contributed by atoms with van der Waals surface area (Å²) >= 11 is 0. The fraction of sp³-hybridized carbons (Fsp3) is 0.935. The number of rotatable bonds is 42. The summed E-state index contributed by atoms with van der Waals surface area (Å²) in [6, 6.07) is -0.820. The molecule has 0 aliphatic heterocycles. The second-order valence-corrected chi connectivity index (χ2v) is 16.0. The first-order valence-corrected chi connectivity index (χ1v) is 23.0. The lowest BCUT2D eigenvalue weighted by atomic mass is 10.0. The molecule has 1 amide bonds. The van der Waals surface area contributed by atoms with Crippen LogP contribution in [0.4, 0.5) is 0 Å². The molecule has 0 aromatic rings. The van der Waals surface area contributed by atoms with Crippen LogP contribution in [-0.2, 0) is 4.79 Å². The number of nitrogens with one attached hydrogen (secondary N) is 1. The molecule has 0 aliphatic carbocycles. The van der Waals surface area contributed by atoms with Gasteiger partial charge in [-0.2, -0.15) is 0 Å². The highest BCUT2D eigenvalue weighted by molar-refractivity contribution is 5.76. The van der Waals surface area contributed by atoms with Gasteiger partial charge in [-0.25, -0.2) is 0 Å². The van der Waals surface area contributed by atoms with E-state index in [2.05, 4.69) is 31.3 Å². The van der Waals surface area contributed by atoms with Crippen molar-refractivity contribution < 1.29 is 20.1 Å². The van der Waals surface area contributed by atoms with E-state index in [0.29, 0.717) is 12.8 Å². The van der Waals surface area contributed by atoms with E-state index in [1.807, 2.05) is 0 Å². The van der Waals surface area contributed by atoms with Crippen LogP contribution in [0, 0.1) is 0 Å². The summed E-state index contributed by atoms with van der Waals surface area (Å²) < 4.78 is 0. The van der Waals surface area contributed by atoms with E-state index in [9.17, 15) is 20.1 Å². The predicted molar refractivity (Wildman–Crippen MR) is 222 cm³/mol. The van der Waals surface area contributed by atoms with Crippen molar-refractivity contribution in [2.45, 2.75) is 270 Å². The molecule has 5 nitrogen and oxygen atoms in total. The van der Waals surface area contributed by atoms with E-state index in [1.165, 1.54) is 186 Å². The Morgan fingerprint density at radius 3 is 1.14 bits per heavy atom. The molecule has 0 bridgehead atoms. The van der Waals surface area contributed by atoms with Crippen molar-refractivity contribution in [1.29, 1.82) is 0 Å². The summed E-state index contributed by atoms with van der Waals surface area (Å²) in [6.07, 6.45) is 49.1. The first-order valence-electron chi connectivity index (χ1n) is 23.0. The molecule has 0 aromatic carbocycles. The molecule has 304 valence electrons. The molecular weight excluding hydrogens is 631 g/mol. The normalized spacial score (nSPS) is 13.6. The summed E-state index contributed by atoms with van der Waals surface area (Å²) in [5, 5.41) is 33.5. The average Bonchev–Trinajstić information content (AvgIpc) is 3.13. The van der Waals surface area contributed by atoms with E-state index >= 15 is 0 Å². The molecule has 3 atom stereocenters. The lowest BCUT2D eigenvalue weighted by Crippen LogP contribution is -2.50. The Labute approximate surface area is 319 Å². The van der Waals surface area contributed by atoms with Gasteiger partial charge in [-0.1, -0.05) is 219 Å². The van der Waals surface area contributed by atoms with Crippen molar-refractivity contribution in [3.8, 4) is 0 Å². The number of carbonyl (C=O) groups excluding carboxylic acids is 1. The Morgan fingerprint density at radius 1 is 0.471 bits per heavy atom. The predicted octanol–water partition coefficient (Wildman–Crippen LogP) is 13.2. The highest BCUT2D eigenvalue weighted by Crippen LogP contribution is 2.16. The van der Waals surface area contributed by atoms with Gasteiger partial charge in [-0.15, -0.1) is 0 Å². The number of aliphatic hydroxyl groups is 3. The van der Waals surface area contributed by atoms with E-state index in [4.69, 9.17) is 0 Å². The van der Waals surface area contributed by atoms with Gasteiger partial charge in [0.25, 0.3) is 0 Å². The van der Waals surface area contributed by atoms with Gasteiger partial charge in [-0.3, -0.25) is 4.79 Å². The summed E-state index contributed by atoms with van der Waals surface area (Å²) in [4.78, 5) is 12.4. The molecule has 0 saturated heterocycles. The van der Waals surface area contributed by atoms with Crippen LogP contribution in [0.5, 0.6) is 0 Å². The Kier molecular flexibility index (Phi) is 41.1. The van der Waals surface area contributed by atoms with Gasteiger partial charge in [0, 0.05) is 6.42 Å². The zero-order chi connectivity index (χ0) is 37.3. The minimum Gasteiger partial charge on any atom is -0.394 e. The van der Waals surface area contributed by atoms with Crippen LogP contribution in [0.3, 0.4) is 0 Å². The second-order valence-electron chi connectivity index (χ2n) is 16.0. The number of carbonyl (C=O) groups is 1. The van der Waals surface area contributed by atoms with Crippen LogP contribution < -0.4 is 5.32 Å². The topological polar surface area (TPSA) is 89.8 Å². The van der Waals surface area contributed by atoms with E-state index in [-0.39, 0.29) is 12.5 Å². The SMILES string of the molecule is CCCCCCCCCCCCCCCCCCCCC/C=C/CCCC(O)C(O)C(CO)NC(=O)CCCCCCCCCCCCCCC. The molecule has 0 aromatic heterocycles. The van der Waals surface area contributed by atoms with E-state index in [0.717, 1.165) is 38.5 Å². The fourth-order valence-corrected chi connectivity index (χ4v) is 7.28. The third-order valence-corrected chi connectivity index (χ3v) is 10.9. The summed E-state index contributed by atoms with van der Waals surface area (Å²) in [7, 11) is 0. The third kappa shape index (κ3) is 37.2. The summed E-state index contributed by atoms with van der Waals surface area (Å²) in [5.41, 5.74) is 0. The Bertz CT molecular complexity index is 713. The largest absolute Gasteiger partial charge is 0.394 e. The fourth-order valence-electron chi connectivity index (χ4n) is 7.28. The maximum absolute atomic E-state index is 12.4. The minimum atomic E-state index is -1.15. The number of hydrogen-bond donors (Lipinski definition) is 4. The van der Waals surface area contributed by atoms with Crippen molar-refractivity contribution in [3.63, 3.8) is 0 Å². The molecule has 0 spiro atoms. The molecule has 0 aliphatic rings. The van der Waals surface area contributed by atoms with Crippen LogP contribution in [0.15, 0.2) is 12.2 Å². The molecule has 0 radical (unpaired) electrons. The second kappa shape index (κ2) is 41.8. The monoisotopic (exact) mass is 722 g/mol. The number of allylic oxidation sites excluding steroid dienone is 2. The maximum Gasteiger partial charge on any atom is 0.220 e. The third-order valence-electron chi connectivity index (χ3n) is 10.9. The molecule has 4 N–H and O–H groups in total. The van der Waals surface area contributed by atoms with Crippen molar-refractivity contribution in [3.05, 3.63) is 12.2 Å². The highest BCUT2D eigenvalue weighted by atomic mass is 16.3. The maximum atomic E-state index is 12.4. The first-order chi connectivity index (χ1) is 25.1.